The lowest BCUT2D eigenvalue weighted by molar-refractivity contribution is 0.185. The van der Waals surface area contributed by atoms with Crippen molar-refractivity contribution in [3.63, 3.8) is 0 Å². The number of aliphatic hydroxyl groups is 1. The molecule has 0 aliphatic heterocycles. The van der Waals surface area contributed by atoms with E-state index in [-0.39, 0.29) is 6.10 Å². The van der Waals surface area contributed by atoms with E-state index in [2.05, 4.69) is 32.1 Å². The third-order valence-electron chi connectivity index (χ3n) is 4.73. The SMILES string of the molecule is CCC(=C(CC)C1CC=CC(O)C1)C1CC=CCC1. The lowest BCUT2D eigenvalue weighted by atomic mass is 9.76. The Morgan fingerprint density at radius 2 is 1.68 bits per heavy atom. The molecule has 0 bridgehead atoms. The van der Waals surface area contributed by atoms with Gasteiger partial charge in [-0.05, 0) is 56.8 Å². The van der Waals surface area contributed by atoms with Gasteiger partial charge in [-0.3, -0.25) is 0 Å². The van der Waals surface area contributed by atoms with Crippen molar-refractivity contribution in [2.45, 2.75) is 64.9 Å². The summed E-state index contributed by atoms with van der Waals surface area (Å²) in [5.74, 6) is 1.33. The van der Waals surface area contributed by atoms with Crippen LogP contribution in [0.5, 0.6) is 0 Å². The minimum atomic E-state index is -0.232. The van der Waals surface area contributed by atoms with E-state index in [0.29, 0.717) is 5.92 Å². The van der Waals surface area contributed by atoms with E-state index in [1.54, 1.807) is 11.1 Å². The van der Waals surface area contributed by atoms with E-state index in [9.17, 15) is 5.11 Å². The zero-order valence-corrected chi connectivity index (χ0v) is 12.4. The van der Waals surface area contributed by atoms with E-state index in [0.717, 1.165) is 25.2 Å². The van der Waals surface area contributed by atoms with Gasteiger partial charge in [0.05, 0.1) is 6.10 Å². The molecule has 0 saturated carbocycles. The highest BCUT2D eigenvalue weighted by Crippen LogP contribution is 2.37. The highest BCUT2D eigenvalue weighted by molar-refractivity contribution is 5.23. The van der Waals surface area contributed by atoms with E-state index in [1.807, 2.05) is 6.08 Å². The van der Waals surface area contributed by atoms with Crippen LogP contribution in [0.2, 0.25) is 0 Å². The van der Waals surface area contributed by atoms with E-state index in [4.69, 9.17) is 0 Å². The first kappa shape index (κ1) is 14.6. The summed E-state index contributed by atoms with van der Waals surface area (Å²) in [6, 6.07) is 0. The molecule has 1 nitrogen and oxygen atoms in total. The van der Waals surface area contributed by atoms with Crippen LogP contribution < -0.4 is 0 Å². The Kier molecular flexibility index (Phi) is 5.45. The van der Waals surface area contributed by atoms with Crippen LogP contribution in [0.3, 0.4) is 0 Å². The summed E-state index contributed by atoms with van der Waals surface area (Å²) < 4.78 is 0. The van der Waals surface area contributed by atoms with Gasteiger partial charge in [0.2, 0.25) is 0 Å². The minimum absolute atomic E-state index is 0.232. The molecule has 3 unspecified atom stereocenters. The summed E-state index contributed by atoms with van der Waals surface area (Å²) >= 11 is 0. The zero-order valence-electron chi connectivity index (χ0n) is 12.4. The molecule has 0 saturated heterocycles. The molecule has 0 fully saturated rings. The average molecular weight is 260 g/mol. The molecule has 0 radical (unpaired) electrons. The van der Waals surface area contributed by atoms with Crippen molar-refractivity contribution in [2.75, 3.05) is 0 Å². The van der Waals surface area contributed by atoms with Gasteiger partial charge >= 0.3 is 0 Å². The van der Waals surface area contributed by atoms with Crippen LogP contribution in [0.1, 0.15) is 58.8 Å². The van der Waals surface area contributed by atoms with Crippen LogP contribution in [0.4, 0.5) is 0 Å². The summed E-state index contributed by atoms with van der Waals surface area (Å²) in [6.07, 6.45) is 16.7. The summed E-state index contributed by atoms with van der Waals surface area (Å²) in [6.45, 7) is 4.59. The van der Waals surface area contributed by atoms with Gasteiger partial charge in [-0.25, -0.2) is 0 Å². The molecule has 1 heteroatoms. The largest absolute Gasteiger partial charge is 0.389 e. The van der Waals surface area contributed by atoms with Crippen molar-refractivity contribution < 1.29 is 5.11 Å². The highest BCUT2D eigenvalue weighted by Gasteiger charge is 2.24. The maximum atomic E-state index is 9.87. The zero-order chi connectivity index (χ0) is 13.7. The van der Waals surface area contributed by atoms with Gasteiger partial charge in [0.25, 0.3) is 0 Å². The first-order valence-corrected chi connectivity index (χ1v) is 7.97. The molecule has 2 aliphatic carbocycles. The number of aliphatic hydroxyl groups excluding tert-OH is 1. The fourth-order valence-electron chi connectivity index (χ4n) is 3.82. The Morgan fingerprint density at radius 3 is 2.26 bits per heavy atom. The van der Waals surface area contributed by atoms with Crippen LogP contribution in [0.15, 0.2) is 35.5 Å². The monoisotopic (exact) mass is 260 g/mol. The van der Waals surface area contributed by atoms with Gasteiger partial charge in [0, 0.05) is 0 Å². The van der Waals surface area contributed by atoms with Gasteiger partial charge in [-0.2, -0.15) is 0 Å². The molecular formula is C18H28O. The average Bonchev–Trinajstić information content (AvgIpc) is 2.45. The Morgan fingerprint density at radius 1 is 1.00 bits per heavy atom. The maximum Gasteiger partial charge on any atom is 0.0726 e. The third-order valence-corrected chi connectivity index (χ3v) is 4.73. The normalized spacial score (nSPS) is 32.3. The predicted molar refractivity (Wildman–Crippen MR) is 82.0 cm³/mol. The molecule has 0 spiro atoms. The van der Waals surface area contributed by atoms with Crippen molar-refractivity contribution >= 4 is 0 Å². The van der Waals surface area contributed by atoms with E-state index < -0.39 is 0 Å². The molecule has 2 aliphatic rings. The summed E-state index contributed by atoms with van der Waals surface area (Å²) in [5.41, 5.74) is 3.34. The smallest absolute Gasteiger partial charge is 0.0726 e. The van der Waals surface area contributed by atoms with Crippen molar-refractivity contribution in [2.24, 2.45) is 11.8 Å². The Labute approximate surface area is 118 Å². The molecule has 0 aromatic rings. The predicted octanol–water partition coefficient (Wildman–Crippen LogP) is 4.79. The van der Waals surface area contributed by atoms with Gasteiger partial charge in [0.15, 0.2) is 0 Å². The minimum Gasteiger partial charge on any atom is -0.389 e. The Bertz CT molecular complexity index is 375. The van der Waals surface area contributed by atoms with Gasteiger partial charge < -0.3 is 5.11 Å². The molecule has 0 heterocycles. The lowest BCUT2D eigenvalue weighted by Gasteiger charge is -2.30. The number of hydrogen-bond acceptors (Lipinski definition) is 1. The topological polar surface area (TPSA) is 20.2 Å². The summed E-state index contributed by atoms with van der Waals surface area (Å²) in [5, 5.41) is 9.87. The Hall–Kier alpha value is -0.820. The fourth-order valence-corrected chi connectivity index (χ4v) is 3.82. The van der Waals surface area contributed by atoms with Gasteiger partial charge in [-0.15, -0.1) is 0 Å². The van der Waals surface area contributed by atoms with Crippen molar-refractivity contribution in [1.29, 1.82) is 0 Å². The first-order valence-electron chi connectivity index (χ1n) is 7.97. The molecule has 1 N–H and O–H groups in total. The number of hydrogen-bond donors (Lipinski definition) is 1. The first-order chi connectivity index (χ1) is 9.26. The molecule has 0 amide bonds. The Balaban J connectivity index is 2.21. The van der Waals surface area contributed by atoms with Gasteiger partial charge in [-0.1, -0.05) is 49.3 Å². The molecule has 19 heavy (non-hydrogen) atoms. The fraction of sp³-hybridized carbons (Fsp3) is 0.667. The van der Waals surface area contributed by atoms with Crippen LogP contribution >= 0.6 is 0 Å². The van der Waals surface area contributed by atoms with Crippen molar-refractivity contribution in [3.05, 3.63) is 35.5 Å². The van der Waals surface area contributed by atoms with Crippen LogP contribution in [0, 0.1) is 11.8 Å². The van der Waals surface area contributed by atoms with Gasteiger partial charge in [0.1, 0.15) is 0 Å². The van der Waals surface area contributed by atoms with Crippen LogP contribution in [-0.2, 0) is 0 Å². The molecule has 3 atom stereocenters. The molecule has 2 rings (SSSR count). The second-order valence-corrected chi connectivity index (χ2v) is 5.90. The van der Waals surface area contributed by atoms with E-state index in [1.165, 1.54) is 25.7 Å². The highest BCUT2D eigenvalue weighted by atomic mass is 16.3. The van der Waals surface area contributed by atoms with Crippen molar-refractivity contribution in [1.82, 2.24) is 0 Å². The second-order valence-electron chi connectivity index (χ2n) is 5.90. The molecule has 106 valence electrons. The summed E-state index contributed by atoms with van der Waals surface area (Å²) in [4.78, 5) is 0. The van der Waals surface area contributed by atoms with Crippen molar-refractivity contribution in [3.8, 4) is 0 Å². The third kappa shape index (κ3) is 3.60. The lowest BCUT2D eigenvalue weighted by Crippen LogP contribution is -2.20. The molecule has 0 aromatic heterocycles. The van der Waals surface area contributed by atoms with E-state index >= 15 is 0 Å². The molecule has 0 aromatic carbocycles. The second kappa shape index (κ2) is 7.09. The van der Waals surface area contributed by atoms with Crippen LogP contribution in [0.25, 0.3) is 0 Å². The van der Waals surface area contributed by atoms with Crippen LogP contribution in [-0.4, -0.2) is 11.2 Å². The quantitative estimate of drug-likeness (QED) is 0.721. The summed E-state index contributed by atoms with van der Waals surface area (Å²) in [7, 11) is 0. The standard InChI is InChI=1S/C18H28O/c1-3-17(14-9-6-5-7-10-14)18(4-2)15-11-8-12-16(19)13-15/h5-6,8,12,14-16,19H,3-4,7,9-11,13H2,1-2H3. The number of rotatable bonds is 4. The number of allylic oxidation sites excluding steroid dienone is 5. The maximum absolute atomic E-state index is 9.87. The molecular weight excluding hydrogens is 232 g/mol.